The highest BCUT2D eigenvalue weighted by atomic mass is 32.2. The highest BCUT2D eigenvalue weighted by Gasteiger charge is 2.12. The minimum absolute atomic E-state index is 0.282. The number of thiol groups is 2. The molecule has 0 spiro atoms. The normalized spacial score (nSPS) is 9.40. The first-order valence-corrected chi connectivity index (χ1v) is 3.88. The Morgan fingerprint density at radius 3 is 2.80 bits per heavy atom. The molecule has 0 aliphatic carbocycles. The molecule has 0 aliphatic rings. The van der Waals surface area contributed by atoms with Crippen molar-refractivity contribution in [2.24, 2.45) is 0 Å². The predicted molar refractivity (Wildman–Crippen MR) is 44.1 cm³/mol. The van der Waals surface area contributed by atoms with Crippen molar-refractivity contribution in [1.29, 1.82) is 0 Å². The average molecular weight is 193 g/mol. The van der Waals surface area contributed by atoms with Gasteiger partial charge in [0, 0.05) is 0 Å². The van der Waals surface area contributed by atoms with Crippen molar-refractivity contribution in [3.8, 4) is 0 Å². The molecule has 0 aromatic carbocycles. The molecule has 54 valence electrons. The summed E-state index contributed by atoms with van der Waals surface area (Å²) >= 11 is 8.48. The van der Waals surface area contributed by atoms with Gasteiger partial charge in [-0.1, -0.05) is 37.0 Å². The number of nitrogens with zero attached hydrogens (tertiary/aromatic N) is 3. The van der Waals surface area contributed by atoms with Gasteiger partial charge < -0.3 is 0 Å². The third-order valence-corrected chi connectivity index (χ3v) is 1.77. The monoisotopic (exact) mass is 193 g/mol. The second-order valence-electron chi connectivity index (χ2n) is 1.34. The molecular formula is C3H3N3OS3. The summed E-state index contributed by atoms with van der Waals surface area (Å²) in [5.41, 5.74) is 1.47. The summed E-state index contributed by atoms with van der Waals surface area (Å²) in [6, 6.07) is 0. The lowest BCUT2D eigenvalue weighted by atomic mass is 10.7. The molecule has 0 aliphatic heterocycles. The molecule has 7 heteroatoms. The van der Waals surface area contributed by atoms with Crippen molar-refractivity contribution in [3.63, 3.8) is 0 Å². The molecule has 0 bridgehead atoms. The minimum atomic E-state index is -0.367. The third-order valence-electron chi connectivity index (χ3n) is 0.725. The Kier molecular flexibility index (Phi) is 2.52. The van der Waals surface area contributed by atoms with Gasteiger partial charge in [0.15, 0.2) is 0 Å². The van der Waals surface area contributed by atoms with Gasteiger partial charge in [-0.15, -0.1) is 10.2 Å². The van der Waals surface area contributed by atoms with E-state index in [1.807, 2.05) is 0 Å². The Bertz CT molecular complexity index is 221. The van der Waals surface area contributed by atoms with Gasteiger partial charge in [-0.3, -0.25) is 4.79 Å². The van der Waals surface area contributed by atoms with Gasteiger partial charge in [-0.25, -0.2) is 3.71 Å². The van der Waals surface area contributed by atoms with E-state index < -0.39 is 0 Å². The summed E-state index contributed by atoms with van der Waals surface area (Å²) < 4.78 is 0.862. The van der Waals surface area contributed by atoms with Crippen molar-refractivity contribution in [1.82, 2.24) is 13.9 Å². The SMILES string of the molecule is O=C(c1nncs1)N(S)S. The summed E-state index contributed by atoms with van der Waals surface area (Å²) in [5.74, 6) is -0.367. The van der Waals surface area contributed by atoms with Crippen LogP contribution in [0.3, 0.4) is 0 Å². The van der Waals surface area contributed by atoms with E-state index >= 15 is 0 Å². The van der Waals surface area contributed by atoms with Crippen molar-refractivity contribution in [2.75, 3.05) is 0 Å². The lowest BCUT2D eigenvalue weighted by Crippen LogP contribution is -2.10. The van der Waals surface area contributed by atoms with Gasteiger partial charge >= 0.3 is 5.91 Å². The maximum Gasteiger partial charge on any atom is 0.304 e. The largest absolute Gasteiger partial charge is 0.304 e. The van der Waals surface area contributed by atoms with Crippen LogP contribution in [0, 0.1) is 0 Å². The van der Waals surface area contributed by atoms with E-state index in [-0.39, 0.29) is 10.9 Å². The first-order chi connectivity index (χ1) is 4.72. The molecule has 0 fully saturated rings. The molecule has 1 heterocycles. The molecule has 1 aromatic rings. The zero-order valence-corrected chi connectivity index (χ0v) is 7.24. The van der Waals surface area contributed by atoms with E-state index in [0.29, 0.717) is 0 Å². The number of hydrogen-bond donors (Lipinski definition) is 2. The Labute approximate surface area is 72.3 Å². The lowest BCUT2D eigenvalue weighted by Gasteiger charge is -2.01. The molecule has 0 N–H and O–H groups in total. The molecule has 4 nitrogen and oxygen atoms in total. The summed E-state index contributed by atoms with van der Waals surface area (Å²) in [6.45, 7) is 0. The van der Waals surface area contributed by atoms with E-state index in [0.717, 1.165) is 15.0 Å². The van der Waals surface area contributed by atoms with Crippen molar-refractivity contribution in [3.05, 3.63) is 10.5 Å². The van der Waals surface area contributed by atoms with Gasteiger partial charge in [-0.05, 0) is 0 Å². The second kappa shape index (κ2) is 3.22. The second-order valence-corrected chi connectivity index (χ2v) is 3.29. The van der Waals surface area contributed by atoms with Crippen molar-refractivity contribution < 1.29 is 4.79 Å². The van der Waals surface area contributed by atoms with Gasteiger partial charge in [0.05, 0.1) is 0 Å². The van der Waals surface area contributed by atoms with E-state index in [2.05, 4.69) is 35.8 Å². The first-order valence-electron chi connectivity index (χ1n) is 2.20. The lowest BCUT2D eigenvalue weighted by molar-refractivity contribution is 0.0935. The minimum Gasteiger partial charge on any atom is -0.264 e. The average Bonchev–Trinajstić information content (AvgIpc) is 2.36. The molecule has 10 heavy (non-hydrogen) atoms. The number of hydrogen-bond acceptors (Lipinski definition) is 6. The third kappa shape index (κ3) is 1.61. The number of rotatable bonds is 1. The van der Waals surface area contributed by atoms with Gasteiger partial charge in [0.2, 0.25) is 5.01 Å². The van der Waals surface area contributed by atoms with Gasteiger partial charge in [-0.2, -0.15) is 0 Å². The Morgan fingerprint density at radius 1 is 1.70 bits per heavy atom. The van der Waals surface area contributed by atoms with Crippen LogP contribution in [0.2, 0.25) is 0 Å². The van der Waals surface area contributed by atoms with Crippen LogP contribution in [0.4, 0.5) is 0 Å². The van der Waals surface area contributed by atoms with Crippen LogP contribution >= 0.6 is 37.0 Å². The molecule has 0 radical (unpaired) electrons. The Morgan fingerprint density at radius 2 is 2.40 bits per heavy atom. The van der Waals surface area contributed by atoms with Crippen LogP contribution in [-0.2, 0) is 0 Å². The van der Waals surface area contributed by atoms with Gasteiger partial charge in [0.1, 0.15) is 5.51 Å². The molecule has 0 saturated carbocycles. The molecule has 1 amide bonds. The fourth-order valence-electron chi connectivity index (χ4n) is 0.352. The molecule has 1 aromatic heterocycles. The number of aromatic nitrogens is 2. The molecule has 0 saturated heterocycles. The molecule has 0 atom stereocenters. The number of carbonyl (C=O) groups excluding carboxylic acids is 1. The van der Waals surface area contributed by atoms with Crippen molar-refractivity contribution >= 4 is 42.9 Å². The Hall–Kier alpha value is -0.270. The fraction of sp³-hybridized carbons (Fsp3) is 0. The van der Waals surface area contributed by atoms with Crippen LogP contribution < -0.4 is 0 Å². The van der Waals surface area contributed by atoms with Crippen LogP contribution in [0.25, 0.3) is 0 Å². The van der Waals surface area contributed by atoms with Crippen LogP contribution in [-0.4, -0.2) is 19.8 Å². The van der Waals surface area contributed by atoms with Crippen LogP contribution in [0.1, 0.15) is 9.80 Å². The van der Waals surface area contributed by atoms with E-state index in [1.54, 1.807) is 0 Å². The Balaban J connectivity index is 2.78. The quantitative estimate of drug-likeness (QED) is 0.644. The highest BCUT2D eigenvalue weighted by Crippen LogP contribution is 2.09. The standard InChI is InChI=1S/C3H3N3OS3/c7-3(6(8)9)2-5-4-1-10-2/h1,8-9H. The zero-order chi connectivity index (χ0) is 7.56. The summed E-state index contributed by atoms with van der Waals surface area (Å²) in [6.07, 6.45) is 0. The predicted octanol–water partition coefficient (Wildman–Crippen LogP) is 0.670. The summed E-state index contributed by atoms with van der Waals surface area (Å²) in [5, 5.41) is 7.28. The van der Waals surface area contributed by atoms with E-state index in [4.69, 9.17) is 0 Å². The zero-order valence-electron chi connectivity index (χ0n) is 4.63. The topological polar surface area (TPSA) is 46.1 Å². The van der Waals surface area contributed by atoms with E-state index in [1.165, 1.54) is 5.51 Å². The maximum absolute atomic E-state index is 10.9. The van der Waals surface area contributed by atoms with Crippen LogP contribution in [0.5, 0.6) is 0 Å². The molecule has 1 rings (SSSR count). The highest BCUT2D eigenvalue weighted by molar-refractivity contribution is 7.94. The first kappa shape index (κ1) is 7.83. The maximum atomic E-state index is 10.9. The summed E-state index contributed by atoms with van der Waals surface area (Å²) in [4.78, 5) is 10.9. The smallest absolute Gasteiger partial charge is 0.264 e. The molecule has 0 unspecified atom stereocenters. The van der Waals surface area contributed by atoms with Gasteiger partial charge in [0.25, 0.3) is 0 Å². The van der Waals surface area contributed by atoms with Crippen molar-refractivity contribution in [2.45, 2.75) is 0 Å². The molecular weight excluding hydrogens is 190 g/mol. The number of amides is 1. The fourth-order valence-corrected chi connectivity index (χ4v) is 1.16. The van der Waals surface area contributed by atoms with E-state index in [9.17, 15) is 4.79 Å². The number of carbonyl (C=O) groups is 1. The summed E-state index contributed by atoms with van der Waals surface area (Å²) in [7, 11) is 0. The van der Waals surface area contributed by atoms with Crippen LogP contribution in [0.15, 0.2) is 5.51 Å².